The lowest BCUT2D eigenvalue weighted by Gasteiger charge is -2.29. The Hall–Kier alpha value is -3.44. The minimum Gasteiger partial charge on any atom is -0.273 e. The molecule has 0 radical (unpaired) electrons. The molecule has 0 bridgehead atoms. The maximum Gasteiger partial charge on any atom is 0.266 e. The van der Waals surface area contributed by atoms with Gasteiger partial charge in [-0.3, -0.25) is 14.4 Å². The summed E-state index contributed by atoms with van der Waals surface area (Å²) >= 11 is 0. The smallest absolute Gasteiger partial charge is 0.266 e. The van der Waals surface area contributed by atoms with Crippen LogP contribution in [0.25, 0.3) is 0 Å². The highest BCUT2D eigenvalue weighted by Crippen LogP contribution is 2.47. The zero-order chi connectivity index (χ0) is 20.0. The van der Waals surface area contributed by atoms with Crippen molar-refractivity contribution in [2.75, 3.05) is 9.96 Å². The molecule has 0 unspecified atom stereocenters. The summed E-state index contributed by atoms with van der Waals surface area (Å²) in [5.74, 6) is -1.14. The monoisotopic (exact) mass is 384 g/mol. The van der Waals surface area contributed by atoms with Crippen LogP contribution in [0.15, 0.2) is 84.9 Å². The van der Waals surface area contributed by atoms with E-state index in [-0.39, 0.29) is 17.9 Å². The van der Waals surface area contributed by atoms with E-state index in [1.807, 2.05) is 85.8 Å². The average Bonchev–Trinajstić information content (AvgIpc) is 3.26. The molecule has 0 saturated carbocycles. The molecule has 3 atom stereocenters. The van der Waals surface area contributed by atoms with Crippen molar-refractivity contribution in [3.05, 3.63) is 96.1 Å². The number of hydroxylamine groups is 1. The number of imide groups is 1. The van der Waals surface area contributed by atoms with Gasteiger partial charge in [0.1, 0.15) is 5.92 Å². The molecule has 2 amide bonds. The molecule has 2 aliphatic heterocycles. The van der Waals surface area contributed by atoms with Crippen molar-refractivity contribution < 1.29 is 14.4 Å². The van der Waals surface area contributed by atoms with Crippen LogP contribution in [0, 0.1) is 12.8 Å². The topological polar surface area (TPSA) is 49.9 Å². The van der Waals surface area contributed by atoms with Crippen LogP contribution >= 0.6 is 0 Å². The van der Waals surface area contributed by atoms with Crippen molar-refractivity contribution in [2.24, 2.45) is 5.92 Å². The number of aryl methyl sites for hydroxylation is 1. The highest BCUT2D eigenvalue weighted by atomic mass is 16.7. The van der Waals surface area contributed by atoms with Gasteiger partial charge in [0.05, 0.1) is 17.4 Å². The fourth-order valence-corrected chi connectivity index (χ4v) is 4.25. The highest BCUT2D eigenvalue weighted by molar-refractivity contribution is 6.24. The normalized spacial score (nSPS) is 23.6. The van der Waals surface area contributed by atoms with Crippen molar-refractivity contribution in [1.29, 1.82) is 0 Å². The van der Waals surface area contributed by atoms with Gasteiger partial charge in [0.2, 0.25) is 5.91 Å². The number of hydrogen-bond acceptors (Lipinski definition) is 4. The largest absolute Gasteiger partial charge is 0.273 e. The number of fused-ring (bicyclic) bond motifs is 1. The van der Waals surface area contributed by atoms with Crippen LogP contribution in [0.5, 0.6) is 0 Å². The lowest BCUT2D eigenvalue weighted by molar-refractivity contribution is -0.126. The molecule has 0 spiro atoms. The van der Waals surface area contributed by atoms with Gasteiger partial charge in [-0.25, -0.2) is 9.96 Å². The number of anilines is 2. The summed E-state index contributed by atoms with van der Waals surface area (Å²) in [7, 11) is 0. The first kappa shape index (κ1) is 17.6. The summed E-state index contributed by atoms with van der Waals surface area (Å²) < 4.78 is 0. The van der Waals surface area contributed by atoms with Crippen molar-refractivity contribution in [1.82, 2.24) is 0 Å². The van der Waals surface area contributed by atoms with Crippen molar-refractivity contribution in [3.8, 4) is 0 Å². The number of nitrogens with zero attached hydrogens (tertiary/aromatic N) is 2. The van der Waals surface area contributed by atoms with E-state index in [1.54, 1.807) is 11.1 Å². The van der Waals surface area contributed by atoms with Crippen LogP contribution in [0.3, 0.4) is 0 Å². The molecule has 0 aliphatic carbocycles. The molecule has 5 nitrogen and oxygen atoms in total. The summed E-state index contributed by atoms with van der Waals surface area (Å²) in [6.07, 6.45) is -0.840. The molecule has 0 N–H and O–H groups in total. The van der Waals surface area contributed by atoms with Gasteiger partial charge < -0.3 is 0 Å². The van der Waals surface area contributed by atoms with Gasteiger partial charge >= 0.3 is 0 Å². The Bertz CT molecular complexity index is 1070. The number of carbonyl (C=O) groups is 2. The third-order valence-corrected chi connectivity index (χ3v) is 5.62. The predicted molar refractivity (Wildman–Crippen MR) is 110 cm³/mol. The summed E-state index contributed by atoms with van der Waals surface area (Å²) in [6, 6.07) is 26.4. The number of benzene rings is 3. The second-order valence-corrected chi connectivity index (χ2v) is 7.37. The van der Waals surface area contributed by atoms with Crippen LogP contribution in [0.2, 0.25) is 0 Å². The SMILES string of the molecule is Cc1ccccc1N1C(=O)[C@@H]2[C@@H](c3ccccc3)N(c3ccccc3)O[C@H]2C1=O. The summed E-state index contributed by atoms with van der Waals surface area (Å²) in [5.41, 5.74) is 3.26. The number of carbonyl (C=O) groups excluding carboxylic acids is 2. The Morgan fingerprint density at radius 3 is 2.07 bits per heavy atom. The van der Waals surface area contributed by atoms with Crippen LogP contribution in [0.4, 0.5) is 11.4 Å². The van der Waals surface area contributed by atoms with Crippen LogP contribution < -0.4 is 9.96 Å². The molecule has 5 heteroatoms. The fraction of sp³-hybridized carbons (Fsp3) is 0.167. The quantitative estimate of drug-likeness (QED) is 0.640. The summed E-state index contributed by atoms with van der Waals surface area (Å²) in [4.78, 5) is 34.2. The molecular formula is C24H20N2O3. The van der Waals surface area contributed by atoms with E-state index in [1.165, 1.54) is 4.90 Å². The Kier molecular flexibility index (Phi) is 4.18. The van der Waals surface area contributed by atoms with Crippen molar-refractivity contribution >= 4 is 23.2 Å². The van der Waals surface area contributed by atoms with Gasteiger partial charge in [0.25, 0.3) is 5.91 Å². The number of para-hydroxylation sites is 2. The third kappa shape index (κ3) is 2.74. The molecule has 144 valence electrons. The lowest BCUT2D eigenvalue weighted by atomic mass is 9.90. The Labute approximate surface area is 169 Å². The summed E-state index contributed by atoms with van der Waals surface area (Å²) in [5, 5.41) is 1.72. The van der Waals surface area contributed by atoms with E-state index in [0.29, 0.717) is 5.69 Å². The van der Waals surface area contributed by atoms with Gasteiger partial charge in [-0.2, -0.15) is 0 Å². The number of rotatable bonds is 3. The first-order valence-corrected chi connectivity index (χ1v) is 9.66. The van der Waals surface area contributed by atoms with Crippen LogP contribution in [-0.4, -0.2) is 17.9 Å². The zero-order valence-electron chi connectivity index (χ0n) is 15.9. The Morgan fingerprint density at radius 1 is 0.759 bits per heavy atom. The Balaban J connectivity index is 1.60. The van der Waals surface area contributed by atoms with Gasteiger partial charge in [-0.15, -0.1) is 0 Å². The molecule has 3 aromatic rings. The molecule has 5 rings (SSSR count). The van der Waals surface area contributed by atoms with E-state index >= 15 is 0 Å². The molecule has 2 saturated heterocycles. The van der Waals surface area contributed by atoms with E-state index in [2.05, 4.69) is 0 Å². The second-order valence-electron chi connectivity index (χ2n) is 7.37. The minimum atomic E-state index is -0.840. The number of hydrogen-bond donors (Lipinski definition) is 0. The molecule has 0 aromatic heterocycles. The maximum absolute atomic E-state index is 13.5. The Morgan fingerprint density at radius 2 is 1.38 bits per heavy atom. The number of amides is 2. The molecule has 2 aliphatic rings. The second kappa shape index (κ2) is 6.87. The van der Waals surface area contributed by atoms with E-state index < -0.39 is 12.0 Å². The molecule has 2 heterocycles. The summed E-state index contributed by atoms with van der Waals surface area (Å²) in [6.45, 7) is 1.90. The van der Waals surface area contributed by atoms with Crippen molar-refractivity contribution in [3.63, 3.8) is 0 Å². The van der Waals surface area contributed by atoms with Gasteiger partial charge in [-0.1, -0.05) is 66.7 Å². The van der Waals surface area contributed by atoms with Gasteiger partial charge in [0.15, 0.2) is 6.10 Å². The molecular weight excluding hydrogens is 364 g/mol. The standard InChI is InChI=1S/C24H20N2O3/c1-16-10-8-9-15-19(16)25-23(27)20-21(17-11-4-2-5-12-17)26(29-22(20)24(25)28)18-13-6-3-7-14-18/h2-15,20-22H,1H3/t20-,21-,22-/m1/s1. The van der Waals surface area contributed by atoms with E-state index in [4.69, 9.17) is 4.84 Å². The average molecular weight is 384 g/mol. The van der Waals surface area contributed by atoms with E-state index in [9.17, 15) is 9.59 Å². The third-order valence-electron chi connectivity index (χ3n) is 5.62. The van der Waals surface area contributed by atoms with E-state index in [0.717, 1.165) is 16.8 Å². The molecule has 2 fully saturated rings. The van der Waals surface area contributed by atoms with Crippen LogP contribution in [-0.2, 0) is 14.4 Å². The molecule has 3 aromatic carbocycles. The highest BCUT2D eigenvalue weighted by Gasteiger charge is 2.60. The zero-order valence-corrected chi connectivity index (χ0v) is 15.9. The minimum absolute atomic E-state index is 0.221. The predicted octanol–water partition coefficient (Wildman–Crippen LogP) is 4.05. The van der Waals surface area contributed by atoms with Crippen LogP contribution in [0.1, 0.15) is 17.2 Å². The first-order chi connectivity index (χ1) is 14.2. The molecule has 29 heavy (non-hydrogen) atoms. The lowest BCUT2D eigenvalue weighted by Crippen LogP contribution is -2.37. The maximum atomic E-state index is 13.5. The fourth-order valence-electron chi connectivity index (χ4n) is 4.25. The van der Waals surface area contributed by atoms with Gasteiger partial charge in [-0.05, 0) is 36.2 Å². The van der Waals surface area contributed by atoms with Crippen molar-refractivity contribution in [2.45, 2.75) is 19.1 Å². The van der Waals surface area contributed by atoms with Gasteiger partial charge in [0, 0.05) is 0 Å². The first-order valence-electron chi connectivity index (χ1n) is 9.66.